The van der Waals surface area contributed by atoms with Crippen LogP contribution in [0.3, 0.4) is 0 Å². The van der Waals surface area contributed by atoms with E-state index in [0.29, 0.717) is 5.41 Å². The summed E-state index contributed by atoms with van der Waals surface area (Å²) in [4.78, 5) is 16.0. The van der Waals surface area contributed by atoms with Crippen molar-refractivity contribution < 1.29 is 4.79 Å². The number of piperidine rings is 2. The van der Waals surface area contributed by atoms with Gasteiger partial charge in [0.15, 0.2) is 0 Å². The molecule has 2 fully saturated rings. The molecule has 25 heavy (non-hydrogen) atoms. The zero-order chi connectivity index (χ0) is 17.7. The molecular formula is C22H34N2O. The first-order valence-electron chi connectivity index (χ1n) is 10.2. The Morgan fingerprint density at radius 1 is 1.00 bits per heavy atom. The summed E-state index contributed by atoms with van der Waals surface area (Å²) in [6.07, 6.45) is 8.97. The molecule has 3 rings (SSSR count). The van der Waals surface area contributed by atoms with Crippen molar-refractivity contribution >= 4 is 12.0 Å². The monoisotopic (exact) mass is 342 g/mol. The van der Waals surface area contributed by atoms with Crippen LogP contribution in [0, 0.1) is 11.3 Å². The van der Waals surface area contributed by atoms with Crippen LogP contribution in [-0.4, -0.2) is 43.9 Å². The SMILES string of the molecule is CCC1(CC)CCN(CC2CCN(c3ccc(C=O)cc3)CC2)CC1. The van der Waals surface area contributed by atoms with Gasteiger partial charge in [-0.25, -0.2) is 0 Å². The van der Waals surface area contributed by atoms with E-state index in [1.165, 1.54) is 63.8 Å². The van der Waals surface area contributed by atoms with Gasteiger partial charge in [0.25, 0.3) is 0 Å². The molecule has 0 atom stereocenters. The van der Waals surface area contributed by atoms with Crippen molar-refractivity contribution in [1.29, 1.82) is 0 Å². The molecule has 0 N–H and O–H groups in total. The summed E-state index contributed by atoms with van der Waals surface area (Å²) in [6.45, 7) is 10.9. The van der Waals surface area contributed by atoms with E-state index in [2.05, 4.69) is 35.8 Å². The molecule has 2 aliphatic heterocycles. The van der Waals surface area contributed by atoms with Crippen molar-refractivity contribution in [2.45, 2.75) is 52.4 Å². The van der Waals surface area contributed by atoms with E-state index in [1.54, 1.807) is 0 Å². The number of rotatable bonds is 6. The molecule has 2 heterocycles. The van der Waals surface area contributed by atoms with Crippen LogP contribution in [0.25, 0.3) is 0 Å². The van der Waals surface area contributed by atoms with E-state index >= 15 is 0 Å². The fourth-order valence-corrected chi connectivity index (χ4v) is 4.67. The molecule has 0 bridgehead atoms. The summed E-state index contributed by atoms with van der Waals surface area (Å²) in [6, 6.07) is 8.03. The van der Waals surface area contributed by atoms with Gasteiger partial charge in [-0.3, -0.25) is 4.79 Å². The average molecular weight is 343 g/mol. The lowest BCUT2D eigenvalue weighted by Gasteiger charge is -2.43. The van der Waals surface area contributed by atoms with Gasteiger partial charge in [-0.1, -0.05) is 26.7 Å². The van der Waals surface area contributed by atoms with Crippen LogP contribution in [0.5, 0.6) is 0 Å². The standard InChI is InChI=1S/C22H34N2O/c1-3-22(4-2)11-15-23(16-12-22)17-19-9-13-24(14-10-19)21-7-5-20(18-25)6-8-21/h5-8,18-19H,3-4,9-17H2,1-2H3. The molecule has 0 radical (unpaired) electrons. The molecule has 0 saturated carbocycles. The lowest BCUT2D eigenvalue weighted by Crippen LogP contribution is -2.44. The predicted molar refractivity (Wildman–Crippen MR) is 105 cm³/mol. The molecule has 2 saturated heterocycles. The Labute approximate surface area is 153 Å². The third-order valence-corrected chi connectivity index (χ3v) is 6.94. The number of hydrogen-bond acceptors (Lipinski definition) is 3. The van der Waals surface area contributed by atoms with Gasteiger partial charge < -0.3 is 9.80 Å². The Kier molecular flexibility index (Phi) is 6.16. The van der Waals surface area contributed by atoms with E-state index in [4.69, 9.17) is 0 Å². The Hall–Kier alpha value is -1.35. The average Bonchev–Trinajstić information content (AvgIpc) is 2.69. The Bertz CT molecular complexity index is 532. The molecule has 0 aromatic heterocycles. The molecule has 0 unspecified atom stereocenters. The lowest BCUT2D eigenvalue weighted by molar-refractivity contribution is 0.0810. The summed E-state index contributed by atoms with van der Waals surface area (Å²) >= 11 is 0. The Balaban J connectivity index is 1.44. The van der Waals surface area contributed by atoms with Gasteiger partial charge in [-0.05, 0) is 74.4 Å². The summed E-state index contributed by atoms with van der Waals surface area (Å²) in [5.41, 5.74) is 2.66. The van der Waals surface area contributed by atoms with Crippen LogP contribution in [0.2, 0.25) is 0 Å². The number of likely N-dealkylation sites (tertiary alicyclic amines) is 1. The zero-order valence-corrected chi connectivity index (χ0v) is 16.0. The molecule has 0 amide bonds. The maximum Gasteiger partial charge on any atom is 0.150 e. The molecule has 1 aromatic carbocycles. The van der Waals surface area contributed by atoms with Gasteiger partial charge in [-0.2, -0.15) is 0 Å². The number of anilines is 1. The minimum atomic E-state index is 0.632. The van der Waals surface area contributed by atoms with Crippen molar-refractivity contribution in [3.8, 4) is 0 Å². The van der Waals surface area contributed by atoms with Crippen LogP contribution in [0.1, 0.15) is 62.7 Å². The predicted octanol–water partition coefficient (Wildman–Crippen LogP) is 4.62. The largest absolute Gasteiger partial charge is 0.372 e. The summed E-state index contributed by atoms with van der Waals surface area (Å²) in [5, 5.41) is 0. The summed E-state index contributed by atoms with van der Waals surface area (Å²) < 4.78 is 0. The highest BCUT2D eigenvalue weighted by Gasteiger charge is 2.32. The third-order valence-electron chi connectivity index (χ3n) is 6.94. The minimum absolute atomic E-state index is 0.632. The quantitative estimate of drug-likeness (QED) is 0.705. The highest BCUT2D eigenvalue weighted by molar-refractivity contribution is 5.75. The van der Waals surface area contributed by atoms with Gasteiger partial charge in [0.2, 0.25) is 0 Å². The maximum atomic E-state index is 10.8. The Morgan fingerprint density at radius 2 is 1.60 bits per heavy atom. The lowest BCUT2D eigenvalue weighted by atomic mass is 9.74. The minimum Gasteiger partial charge on any atom is -0.372 e. The number of nitrogens with zero attached hydrogens (tertiary/aromatic N) is 2. The van der Waals surface area contributed by atoms with Gasteiger partial charge in [0, 0.05) is 30.9 Å². The zero-order valence-electron chi connectivity index (χ0n) is 16.0. The molecule has 0 spiro atoms. The smallest absolute Gasteiger partial charge is 0.150 e. The van der Waals surface area contributed by atoms with Crippen LogP contribution in [0.15, 0.2) is 24.3 Å². The van der Waals surface area contributed by atoms with E-state index in [-0.39, 0.29) is 0 Å². The first kappa shape index (κ1) is 18.4. The van der Waals surface area contributed by atoms with Crippen LogP contribution < -0.4 is 4.90 Å². The highest BCUT2D eigenvalue weighted by atomic mass is 16.1. The highest BCUT2D eigenvalue weighted by Crippen LogP contribution is 2.38. The van der Waals surface area contributed by atoms with Crippen LogP contribution in [0.4, 0.5) is 5.69 Å². The second-order valence-electron chi connectivity index (χ2n) is 8.15. The Morgan fingerprint density at radius 3 is 2.12 bits per heavy atom. The third kappa shape index (κ3) is 4.44. The van der Waals surface area contributed by atoms with E-state index < -0.39 is 0 Å². The van der Waals surface area contributed by atoms with Crippen molar-refractivity contribution in [3.05, 3.63) is 29.8 Å². The van der Waals surface area contributed by atoms with E-state index in [0.717, 1.165) is 30.9 Å². The normalized spacial score (nSPS) is 22.1. The van der Waals surface area contributed by atoms with E-state index in [1.807, 2.05) is 12.1 Å². The van der Waals surface area contributed by atoms with Crippen molar-refractivity contribution in [3.63, 3.8) is 0 Å². The van der Waals surface area contributed by atoms with Crippen molar-refractivity contribution in [2.75, 3.05) is 37.6 Å². The topological polar surface area (TPSA) is 23.6 Å². The van der Waals surface area contributed by atoms with Gasteiger partial charge in [0.1, 0.15) is 6.29 Å². The van der Waals surface area contributed by atoms with Crippen LogP contribution >= 0.6 is 0 Å². The molecule has 0 aliphatic carbocycles. The second-order valence-corrected chi connectivity index (χ2v) is 8.15. The maximum absolute atomic E-state index is 10.8. The molecule has 3 nitrogen and oxygen atoms in total. The number of aldehydes is 1. The molecule has 3 heteroatoms. The van der Waals surface area contributed by atoms with Crippen molar-refractivity contribution in [1.82, 2.24) is 4.90 Å². The van der Waals surface area contributed by atoms with Gasteiger partial charge in [-0.15, -0.1) is 0 Å². The van der Waals surface area contributed by atoms with Crippen LogP contribution in [-0.2, 0) is 0 Å². The van der Waals surface area contributed by atoms with Gasteiger partial charge in [0.05, 0.1) is 0 Å². The first-order chi connectivity index (χ1) is 12.2. The fourth-order valence-electron chi connectivity index (χ4n) is 4.67. The molecule has 2 aliphatic rings. The summed E-state index contributed by atoms with van der Waals surface area (Å²) in [5.74, 6) is 0.848. The first-order valence-corrected chi connectivity index (χ1v) is 10.2. The van der Waals surface area contributed by atoms with Gasteiger partial charge >= 0.3 is 0 Å². The number of hydrogen-bond donors (Lipinski definition) is 0. The fraction of sp³-hybridized carbons (Fsp3) is 0.682. The molecule has 138 valence electrons. The van der Waals surface area contributed by atoms with Crippen molar-refractivity contribution in [2.24, 2.45) is 11.3 Å². The molecular weight excluding hydrogens is 308 g/mol. The molecule has 1 aromatic rings. The van der Waals surface area contributed by atoms with E-state index in [9.17, 15) is 4.79 Å². The summed E-state index contributed by atoms with van der Waals surface area (Å²) in [7, 11) is 0. The second kappa shape index (κ2) is 8.35. The number of carbonyl (C=O) groups is 1. The number of benzene rings is 1. The number of carbonyl (C=O) groups excluding carboxylic acids is 1.